The van der Waals surface area contributed by atoms with Crippen LogP contribution in [0.3, 0.4) is 0 Å². The normalized spacial score (nSPS) is 11.3. The van der Waals surface area contributed by atoms with E-state index in [0.717, 1.165) is 16.9 Å². The number of para-hydroxylation sites is 1. The third-order valence-corrected chi connectivity index (χ3v) is 3.89. The van der Waals surface area contributed by atoms with Crippen molar-refractivity contribution in [3.63, 3.8) is 0 Å². The molecule has 0 saturated carbocycles. The molecule has 0 N–H and O–H groups in total. The molecule has 0 aliphatic heterocycles. The maximum absolute atomic E-state index is 12.4. The van der Waals surface area contributed by atoms with Crippen molar-refractivity contribution < 1.29 is 9.53 Å². The second-order valence-electron chi connectivity index (χ2n) is 4.84. The van der Waals surface area contributed by atoms with Gasteiger partial charge in [0.2, 0.25) is 0 Å². The minimum Gasteiger partial charge on any atom is -0.422 e. The van der Waals surface area contributed by atoms with Crippen molar-refractivity contribution in [2.75, 3.05) is 0 Å². The van der Waals surface area contributed by atoms with Crippen molar-refractivity contribution in [2.45, 2.75) is 29.6 Å². The minimum atomic E-state index is -0.347. The molecule has 2 nitrogen and oxygen atoms in total. The highest BCUT2D eigenvalue weighted by Crippen LogP contribution is 2.24. The largest absolute Gasteiger partial charge is 0.422 e. The Morgan fingerprint density at radius 1 is 1.05 bits per heavy atom. The van der Waals surface area contributed by atoms with Crippen LogP contribution in [0.2, 0.25) is 0 Å². The predicted octanol–water partition coefficient (Wildman–Crippen LogP) is 5.05. The van der Waals surface area contributed by atoms with Crippen molar-refractivity contribution in [3.8, 4) is 5.75 Å². The zero-order chi connectivity index (χ0) is 15.9. The number of ether oxygens (including phenoxy) is 1. The Bertz CT molecular complexity index is 693. The van der Waals surface area contributed by atoms with Crippen LogP contribution in [-0.2, 0) is 4.79 Å². The fourth-order valence-corrected chi connectivity index (χ4v) is 2.44. The summed E-state index contributed by atoms with van der Waals surface area (Å²) in [4.78, 5) is 13.9. The van der Waals surface area contributed by atoms with Crippen LogP contribution in [0.4, 0.5) is 0 Å². The molecule has 0 aromatic heterocycles. The lowest BCUT2D eigenvalue weighted by Gasteiger charge is -2.09. The molecule has 2 aromatic rings. The van der Waals surface area contributed by atoms with Crippen molar-refractivity contribution in [2.24, 2.45) is 0 Å². The quantitative estimate of drug-likeness (QED) is 0.347. The van der Waals surface area contributed by atoms with Crippen LogP contribution in [0.1, 0.15) is 25.3 Å². The summed E-state index contributed by atoms with van der Waals surface area (Å²) in [7, 11) is 0. The van der Waals surface area contributed by atoms with E-state index in [1.807, 2.05) is 49.4 Å². The predicted molar refractivity (Wildman–Crippen MR) is 95.9 cm³/mol. The molecule has 0 bridgehead atoms. The third-order valence-electron chi connectivity index (χ3n) is 3.12. The Balaban J connectivity index is 2.26. The van der Waals surface area contributed by atoms with Crippen LogP contribution >= 0.6 is 25.3 Å². The molecule has 2 aromatic carbocycles. The molecule has 22 heavy (non-hydrogen) atoms. The van der Waals surface area contributed by atoms with E-state index in [2.05, 4.69) is 25.3 Å². The van der Waals surface area contributed by atoms with E-state index in [-0.39, 0.29) is 5.97 Å². The van der Waals surface area contributed by atoms with Crippen molar-refractivity contribution in [1.82, 2.24) is 0 Å². The molecule has 0 spiro atoms. The van der Waals surface area contributed by atoms with Crippen LogP contribution in [-0.4, -0.2) is 5.97 Å². The van der Waals surface area contributed by atoms with Crippen LogP contribution in [0.25, 0.3) is 6.08 Å². The number of hydrogen-bond donors (Lipinski definition) is 2. The molecule has 4 heteroatoms. The zero-order valence-electron chi connectivity index (χ0n) is 12.3. The number of rotatable bonds is 5. The van der Waals surface area contributed by atoms with Crippen LogP contribution in [0.15, 0.2) is 63.9 Å². The van der Waals surface area contributed by atoms with Gasteiger partial charge in [-0.05, 0) is 36.3 Å². The minimum absolute atomic E-state index is 0.347. The lowest BCUT2D eigenvalue weighted by atomic mass is 10.1. The number of carbonyl (C=O) groups excluding carboxylic acids is 1. The van der Waals surface area contributed by atoms with Gasteiger partial charge in [-0.15, -0.1) is 25.3 Å². The summed E-state index contributed by atoms with van der Waals surface area (Å²) in [5.74, 6) is 0.122. The highest BCUT2D eigenvalue weighted by atomic mass is 32.1. The van der Waals surface area contributed by atoms with E-state index in [4.69, 9.17) is 4.74 Å². The molecule has 114 valence electrons. The molecule has 2 rings (SSSR count). The SMILES string of the molecule is CCCC(=Cc1ccccc1S)C(=O)Oc1ccccc1S. The van der Waals surface area contributed by atoms with Crippen molar-refractivity contribution >= 4 is 37.3 Å². The molecular formula is C18H18O2S2. The first-order valence-corrected chi connectivity index (χ1v) is 8.00. The van der Waals surface area contributed by atoms with Gasteiger partial charge in [0.15, 0.2) is 0 Å². The first-order valence-electron chi connectivity index (χ1n) is 7.10. The summed E-state index contributed by atoms with van der Waals surface area (Å²) < 4.78 is 5.46. The molecule has 0 heterocycles. The molecule has 0 amide bonds. The maximum atomic E-state index is 12.4. The summed E-state index contributed by atoms with van der Waals surface area (Å²) in [6, 6.07) is 14.8. The van der Waals surface area contributed by atoms with Gasteiger partial charge in [0.25, 0.3) is 0 Å². The highest BCUT2D eigenvalue weighted by molar-refractivity contribution is 7.80. The molecule has 0 unspecified atom stereocenters. The van der Waals surface area contributed by atoms with Gasteiger partial charge in [-0.1, -0.05) is 43.7 Å². The number of esters is 1. The third kappa shape index (κ3) is 4.42. The first-order chi connectivity index (χ1) is 10.6. The van der Waals surface area contributed by atoms with Crippen molar-refractivity contribution in [3.05, 3.63) is 59.7 Å². The Labute approximate surface area is 142 Å². The second kappa shape index (κ2) is 8.11. The van der Waals surface area contributed by atoms with E-state index < -0.39 is 0 Å². The highest BCUT2D eigenvalue weighted by Gasteiger charge is 2.13. The Morgan fingerprint density at radius 3 is 2.32 bits per heavy atom. The van der Waals surface area contributed by atoms with Gasteiger partial charge < -0.3 is 4.74 Å². The van der Waals surface area contributed by atoms with Crippen LogP contribution < -0.4 is 4.74 Å². The van der Waals surface area contributed by atoms with Gasteiger partial charge in [0, 0.05) is 15.4 Å². The standard InChI is InChI=1S/C18H18O2S2/c1-2-7-14(12-13-8-3-5-10-16(13)21)18(19)20-15-9-4-6-11-17(15)22/h3-6,8-12,21-22H,2,7H2,1H3. The Kier molecular flexibility index (Phi) is 6.16. The molecule has 0 fully saturated rings. The lowest BCUT2D eigenvalue weighted by molar-refractivity contribution is -0.130. The van der Waals surface area contributed by atoms with E-state index >= 15 is 0 Å². The number of carbonyl (C=O) groups is 1. The smallest absolute Gasteiger partial charge is 0.339 e. The van der Waals surface area contributed by atoms with Crippen LogP contribution in [0, 0.1) is 0 Å². The molecule has 0 radical (unpaired) electrons. The van der Waals surface area contributed by atoms with E-state index in [0.29, 0.717) is 22.6 Å². The summed E-state index contributed by atoms with van der Waals surface area (Å²) in [6.07, 6.45) is 3.35. The van der Waals surface area contributed by atoms with Gasteiger partial charge in [0.05, 0.1) is 0 Å². The summed E-state index contributed by atoms with van der Waals surface area (Å²) in [6.45, 7) is 2.03. The topological polar surface area (TPSA) is 26.3 Å². The van der Waals surface area contributed by atoms with Gasteiger partial charge in [-0.25, -0.2) is 4.79 Å². The molecule has 0 atom stereocenters. The first kappa shape index (κ1) is 16.7. The van der Waals surface area contributed by atoms with E-state index in [9.17, 15) is 4.79 Å². The van der Waals surface area contributed by atoms with E-state index in [1.165, 1.54) is 0 Å². The molecular weight excluding hydrogens is 312 g/mol. The monoisotopic (exact) mass is 330 g/mol. The Morgan fingerprint density at radius 2 is 1.68 bits per heavy atom. The summed E-state index contributed by atoms with van der Waals surface area (Å²) >= 11 is 8.72. The number of benzene rings is 2. The van der Waals surface area contributed by atoms with E-state index in [1.54, 1.807) is 12.1 Å². The van der Waals surface area contributed by atoms with Gasteiger partial charge in [-0.3, -0.25) is 0 Å². The fourth-order valence-electron chi connectivity index (χ4n) is 2.01. The lowest BCUT2D eigenvalue weighted by Crippen LogP contribution is -2.11. The second-order valence-corrected chi connectivity index (χ2v) is 5.80. The van der Waals surface area contributed by atoms with Gasteiger partial charge in [-0.2, -0.15) is 0 Å². The van der Waals surface area contributed by atoms with Crippen molar-refractivity contribution in [1.29, 1.82) is 0 Å². The molecule has 0 aliphatic carbocycles. The maximum Gasteiger partial charge on any atom is 0.339 e. The fraction of sp³-hybridized carbons (Fsp3) is 0.167. The number of hydrogen-bond acceptors (Lipinski definition) is 4. The average Bonchev–Trinajstić information content (AvgIpc) is 2.51. The zero-order valence-corrected chi connectivity index (χ0v) is 14.1. The number of thiol groups is 2. The Hall–Kier alpha value is -1.65. The molecule has 0 aliphatic rings. The summed E-state index contributed by atoms with van der Waals surface area (Å²) in [5.41, 5.74) is 1.53. The average molecular weight is 330 g/mol. The van der Waals surface area contributed by atoms with Gasteiger partial charge in [0.1, 0.15) is 5.75 Å². The van der Waals surface area contributed by atoms with Crippen LogP contribution in [0.5, 0.6) is 5.75 Å². The molecule has 0 saturated heterocycles. The van der Waals surface area contributed by atoms with Gasteiger partial charge >= 0.3 is 5.97 Å². The summed E-state index contributed by atoms with van der Waals surface area (Å²) in [5, 5.41) is 0.